The first kappa shape index (κ1) is 43.6. The van der Waals surface area contributed by atoms with Crippen molar-refractivity contribution in [1.82, 2.24) is 30.2 Å². The van der Waals surface area contributed by atoms with E-state index in [1.165, 1.54) is 20.8 Å². The van der Waals surface area contributed by atoms with Crippen LogP contribution in [0.15, 0.2) is 12.7 Å². The van der Waals surface area contributed by atoms with Crippen LogP contribution < -0.4 is 41.7 Å². The zero-order valence-electron chi connectivity index (χ0n) is 27.7. The quantitative estimate of drug-likeness (QED) is 0.0684. The third-order valence-electron chi connectivity index (χ3n) is 7.25. The highest BCUT2D eigenvalue weighted by Gasteiger charge is 2.47. The molecule has 3 rings (SSSR count). The maximum atomic E-state index is 12.4. The number of nitrogens with zero attached hydrogens (tertiary/aromatic N) is 4. The van der Waals surface area contributed by atoms with E-state index < -0.39 is 90.6 Å². The molecule has 0 bridgehead atoms. The van der Waals surface area contributed by atoms with E-state index in [0.29, 0.717) is 0 Å². The molecule has 8 unspecified atom stereocenters. The summed E-state index contributed by atoms with van der Waals surface area (Å²) in [6, 6.07) is -0.690. The van der Waals surface area contributed by atoms with Gasteiger partial charge in [0.15, 0.2) is 23.5 Å². The molecule has 0 radical (unpaired) electrons. The molecule has 0 spiro atoms. The van der Waals surface area contributed by atoms with Gasteiger partial charge in [0.25, 0.3) is 15.6 Å². The lowest BCUT2D eigenvalue weighted by Crippen LogP contribution is -2.46. The highest BCUT2D eigenvalue weighted by Crippen LogP contribution is 2.56. The van der Waals surface area contributed by atoms with Crippen molar-refractivity contribution in [2.24, 2.45) is 11.1 Å². The van der Waals surface area contributed by atoms with Gasteiger partial charge >= 0.3 is 0 Å². The minimum absolute atomic E-state index is 0.00579. The van der Waals surface area contributed by atoms with E-state index in [9.17, 15) is 57.9 Å². The lowest BCUT2D eigenvalue weighted by Gasteiger charge is -2.36. The molecule has 3 heterocycles. The Balaban J connectivity index is 1.55. The summed E-state index contributed by atoms with van der Waals surface area (Å²) >= 11 is 0. The van der Waals surface area contributed by atoms with Gasteiger partial charge in [-0.05, 0) is 6.92 Å². The summed E-state index contributed by atoms with van der Waals surface area (Å²) in [6.07, 6.45) is -7.65. The van der Waals surface area contributed by atoms with Crippen molar-refractivity contribution in [1.29, 1.82) is 0 Å². The van der Waals surface area contributed by atoms with Crippen molar-refractivity contribution in [3.8, 4) is 0 Å². The second-order valence-electron chi connectivity index (χ2n) is 12.0. The van der Waals surface area contributed by atoms with Crippen molar-refractivity contribution in [3.63, 3.8) is 0 Å². The maximum Gasteiger partial charge on any atom is 0.274 e. The Labute approximate surface area is 294 Å². The number of hydrogen-bond donors (Lipinski definition) is 6. The summed E-state index contributed by atoms with van der Waals surface area (Å²) in [7, 11) is -17.6. The first-order chi connectivity index (χ1) is 23.9. The average molecular weight is 803 g/mol. The van der Waals surface area contributed by atoms with Crippen LogP contribution in [0, 0.1) is 5.41 Å². The third kappa shape index (κ3) is 12.4. The number of aromatic nitrogens is 4. The fourth-order valence-electron chi connectivity index (χ4n) is 4.47. The van der Waals surface area contributed by atoms with E-state index in [1.807, 2.05) is 0 Å². The lowest BCUT2D eigenvalue weighted by atomic mass is 9.87. The van der Waals surface area contributed by atoms with Crippen LogP contribution in [0.4, 0.5) is 5.82 Å². The van der Waals surface area contributed by atoms with E-state index >= 15 is 0 Å². The third-order valence-corrected chi connectivity index (χ3v) is 10.3. The van der Waals surface area contributed by atoms with Crippen molar-refractivity contribution in [3.05, 3.63) is 12.7 Å². The molecule has 2 aromatic rings. The Hall–Kier alpha value is -2.83. The number of anilines is 1. The first-order valence-corrected chi connectivity index (χ1v) is 19.4. The normalized spacial score (nSPS) is 23.0. The first-order valence-electron chi connectivity index (χ1n) is 15.0. The Morgan fingerprint density at radius 1 is 1.06 bits per heavy atom. The van der Waals surface area contributed by atoms with Crippen LogP contribution in [-0.2, 0) is 50.7 Å². The van der Waals surface area contributed by atoms with Crippen molar-refractivity contribution in [2.75, 3.05) is 32.0 Å². The van der Waals surface area contributed by atoms with E-state index in [1.54, 1.807) is 0 Å². The van der Waals surface area contributed by atoms with Crippen molar-refractivity contribution < 1.29 is 80.5 Å². The minimum atomic E-state index is -5.91. The summed E-state index contributed by atoms with van der Waals surface area (Å²) in [5.41, 5.74) is 9.47. The molecule has 28 heteroatoms. The molecule has 1 aliphatic heterocycles. The second kappa shape index (κ2) is 17.5. The number of Topliss-reactive ketones (excluding diaryl/α,β-unsaturated/α-hetero) is 1. The second-order valence-corrected chi connectivity index (χ2v) is 16.1. The van der Waals surface area contributed by atoms with Gasteiger partial charge in [-0.2, -0.15) is 0 Å². The molecule has 1 fully saturated rings. The van der Waals surface area contributed by atoms with E-state index in [0.717, 1.165) is 17.2 Å². The van der Waals surface area contributed by atoms with E-state index in [4.69, 9.17) is 16.2 Å². The number of fused-ring (bicyclic) bond motifs is 1. The van der Waals surface area contributed by atoms with E-state index in [2.05, 4.69) is 43.5 Å². The number of carbonyl (C=O) groups is 3. The fourth-order valence-corrected chi connectivity index (χ4v) is 7.21. The van der Waals surface area contributed by atoms with Crippen molar-refractivity contribution >= 4 is 58.0 Å². The minimum Gasteiger partial charge on any atom is -0.790 e. The zero-order valence-corrected chi connectivity index (χ0v) is 30.3. The van der Waals surface area contributed by atoms with Gasteiger partial charge in [0, 0.05) is 31.3 Å². The number of nitrogens with two attached hydrogens (primary N) is 2. The monoisotopic (exact) mass is 802 g/mol. The maximum absolute atomic E-state index is 12.4. The largest absolute Gasteiger partial charge is 0.790 e. The molecule has 52 heavy (non-hydrogen) atoms. The molecule has 1 saturated heterocycles. The molecule has 8 N–H and O–H groups in total. The number of rotatable bonds is 20. The molecule has 2 aromatic heterocycles. The summed E-state index contributed by atoms with van der Waals surface area (Å²) in [4.78, 5) is 95.0. The summed E-state index contributed by atoms with van der Waals surface area (Å²) < 4.78 is 60.2. The fraction of sp³-hybridized carbons (Fsp3) is 0.667. The molecule has 2 amide bonds. The number of imidazole rings is 1. The van der Waals surface area contributed by atoms with Crippen LogP contribution >= 0.6 is 23.5 Å². The van der Waals surface area contributed by atoms with E-state index in [-0.39, 0.29) is 48.7 Å². The number of hydrogen-bond acceptors (Lipinski definition) is 22. The molecule has 0 saturated carbocycles. The van der Waals surface area contributed by atoms with Gasteiger partial charge in [-0.15, -0.1) is 0 Å². The SMILES string of the molecule is CC(N)C(=O)CCNC(=O)CCNC(=O)C(O)C(C)(C)COP(=O)([O-])OP(=O)([O-])OCC1OC(n2cnc3c(N)ncnc32)C(O)C1OP(=O)([O-])[O-]. The smallest absolute Gasteiger partial charge is 0.274 e. The lowest BCUT2D eigenvalue weighted by molar-refractivity contribution is -0.347. The number of aliphatic hydroxyl groups excluding tert-OH is 2. The van der Waals surface area contributed by atoms with Gasteiger partial charge in [-0.3, -0.25) is 28.1 Å². The van der Waals surface area contributed by atoms with Crippen LogP contribution in [-0.4, -0.2) is 104 Å². The van der Waals surface area contributed by atoms with Gasteiger partial charge in [0.2, 0.25) is 11.8 Å². The van der Waals surface area contributed by atoms with Crippen LogP contribution in [0.3, 0.4) is 0 Å². The molecule has 0 aliphatic carbocycles. The zero-order chi connectivity index (χ0) is 39.2. The molecule has 8 atom stereocenters. The van der Waals surface area contributed by atoms with Crippen LogP contribution in [0.2, 0.25) is 0 Å². The molecule has 1 aliphatic rings. The van der Waals surface area contributed by atoms with Gasteiger partial charge in [-0.1, -0.05) is 13.8 Å². The summed E-state index contributed by atoms with van der Waals surface area (Å²) in [5.74, 6) is -1.91. The number of amides is 2. The topological polar surface area (TPSA) is 401 Å². The van der Waals surface area contributed by atoms with Crippen LogP contribution in [0.25, 0.3) is 11.2 Å². The molecular weight excluding hydrogens is 765 g/mol. The summed E-state index contributed by atoms with van der Waals surface area (Å²) in [5, 5.41) is 25.9. The highest BCUT2D eigenvalue weighted by atomic mass is 31.3. The molecule has 0 aromatic carbocycles. The Kier molecular flexibility index (Phi) is 14.7. The average Bonchev–Trinajstić information content (AvgIpc) is 3.58. The highest BCUT2D eigenvalue weighted by molar-refractivity contribution is 7.59. The van der Waals surface area contributed by atoms with Gasteiger partial charge in [0.1, 0.15) is 36.3 Å². The standard InChI is InChI=1S/C24H41N8O17P3/c1-12(25)13(33)4-6-27-15(34)5-7-28-22(37)19(36)24(2,3)9-46-52(43,44)49-51(41,42)45-8-14-18(48-50(38,39)40)17(35)23(47-14)32-11-31-16-20(26)29-10-30-21(16)32/h10-12,14,17-19,23,35-36H,4-9,25H2,1-3H3,(H,27,34)(H,28,37)(H,41,42)(H,43,44)(H2,26,29,30)(H2,38,39,40)/p-4. The molecule has 25 nitrogen and oxygen atoms in total. The number of ketones is 1. The molecule has 294 valence electrons. The number of ether oxygens (including phenoxy) is 1. The number of nitrogens with one attached hydrogen (secondary N) is 2. The number of carbonyl (C=O) groups excluding carboxylic acids is 3. The predicted octanol–water partition coefficient (Wildman–Crippen LogP) is -4.82. The van der Waals surface area contributed by atoms with Crippen LogP contribution in [0.1, 0.15) is 39.8 Å². The number of nitrogen functional groups attached to an aromatic ring is 1. The Morgan fingerprint density at radius 2 is 1.69 bits per heavy atom. The number of aliphatic hydroxyl groups is 2. The van der Waals surface area contributed by atoms with Gasteiger partial charge in [-0.25, -0.2) is 19.3 Å². The van der Waals surface area contributed by atoms with Crippen molar-refractivity contribution in [2.45, 2.75) is 70.3 Å². The Bertz CT molecular complexity index is 1740. The number of phosphoric acid groups is 3. The molecular formula is C24H37N8O17P3-4. The van der Waals surface area contributed by atoms with Gasteiger partial charge < -0.3 is 74.8 Å². The van der Waals surface area contributed by atoms with Gasteiger partial charge in [0.05, 0.1) is 33.4 Å². The van der Waals surface area contributed by atoms with Crippen LogP contribution in [0.5, 0.6) is 0 Å². The summed E-state index contributed by atoms with van der Waals surface area (Å²) in [6.45, 7) is 1.35. The predicted molar refractivity (Wildman–Crippen MR) is 164 cm³/mol. The number of phosphoric ester groups is 3. The Morgan fingerprint density at radius 3 is 2.33 bits per heavy atom.